The molecule has 6 heteroatoms. The summed E-state index contributed by atoms with van der Waals surface area (Å²) in [6.07, 6.45) is 0.895. The molecule has 0 radical (unpaired) electrons. The molecule has 0 saturated carbocycles. The minimum absolute atomic E-state index is 0.00911. The molecule has 3 aromatic carbocycles. The summed E-state index contributed by atoms with van der Waals surface area (Å²) in [5.74, 6) is 0. The third kappa shape index (κ3) is 5.71. The Labute approximate surface area is 195 Å². The highest BCUT2D eigenvalue weighted by Gasteiger charge is 2.27. The summed E-state index contributed by atoms with van der Waals surface area (Å²) >= 11 is 0. The van der Waals surface area contributed by atoms with E-state index in [0.29, 0.717) is 25.3 Å². The van der Waals surface area contributed by atoms with Crippen LogP contribution < -0.4 is 15.5 Å². The highest BCUT2D eigenvalue weighted by atomic mass is 16.2. The van der Waals surface area contributed by atoms with Crippen LogP contribution in [0.2, 0.25) is 0 Å². The Kier molecular flexibility index (Phi) is 6.93. The highest BCUT2D eigenvalue weighted by molar-refractivity contribution is 5.95. The number of hydrogen-bond acceptors (Lipinski definition) is 2. The number of aryl methyl sites for hydroxylation is 2. The highest BCUT2D eigenvalue weighted by Crippen LogP contribution is 2.24. The zero-order chi connectivity index (χ0) is 23.2. The van der Waals surface area contributed by atoms with Gasteiger partial charge in [-0.3, -0.25) is 4.90 Å². The van der Waals surface area contributed by atoms with Gasteiger partial charge >= 0.3 is 12.1 Å². The van der Waals surface area contributed by atoms with Crippen molar-refractivity contribution in [1.82, 2.24) is 10.2 Å². The third-order valence-corrected chi connectivity index (χ3v) is 5.97. The lowest BCUT2D eigenvalue weighted by Crippen LogP contribution is -2.49. The van der Waals surface area contributed by atoms with Crippen LogP contribution in [0.1, 0.15) is 28.7 Å². The third-order valence-electron chi connectivity index (χ3n) is 5.97. The number of anilines is 2. The molecule has 2 N–H and O–H groups in total. The summed E-state index contributed by atoms with van der Waals surface area (Å²) < 4.78 is 0. The van der Waals surface area contributed by atoms with Crippen molar-refractivity contribution < 1.29 is 9.59 Å². The molecule has 170 valence electrons. The van der Waals surface area contributed by atoms with Gasteiger partial charge in [-0.25, -0.2) is 9.59 Å². The van der Waals surface area contributed by atoms with E-state index < -0.39 is 0 Å². The van der Waals surface area contributed by atoms with Gasteiger partial charge in [-0.15, -0.1) is 0 Å². The quantitative estimate of drug-likeness (QED) is 0.533. The van der Waals surface area contributed by atoms with Crippen LogP contribution >= 0.6 is 0 Å². The van der Waals surface area contributed by atoms with Gasteiger partial charge < -0.3 is 15.5 Å². The minimum atomic E-state index is -0.280. The second-order valence-corrected chi connectivity index (χ2v) is 8.47. The summed E-state index contributed by atoms with van der Waals surface area (Å²) in [5, 5.41) is 5.73. The molecule has 0 unspecified atom stereocenters. The maximum absolute atomic E-state index is 13.2. The molecular formula is C27H30N4O2. The Hall–Kier alpha value is -3.80. The van der Waals surface area contributed by atoms with E-state index in [2.05, 4.69) is 42.7 Å². The average Bonchev–Trinajstić information content (AvgIpc) is 2.82. The summed E-state index contributed by atoms with van der Waals surface area (Å²) in [5.41, 5.74) is 6.09. The van der Waals surface area contributed by atoms with Gasteiger partial charge in [0.15, 0.2) is 0 Å². The molecule has 1 heterocycles. The van der Waals surface area contributed by atoms with Crippen LogP contribution in [0.3, 0.4) is 0 Å². The monoisotopic (exact) mass is 442 g/mol. The van der Waals surface area contributed by atoms with Gasteiger partial charge in [0.05, 0.1) is 0 Å². The molecule has 4 rings (SSSR count). The molecule has 1 aliphatic heterocycles. The number of carbonyl (C=O) groups excluding carboxylic acids is 2. The number of amides is 4. The van der Waals surface area contributed by atoms with Crippen LogP contribution in [-0.2, 0) is 13.1 Å². The molecule has 0 aromatic heterocycles. The fourth-order valence-electron chi connectivity index (χ4n) is 4.00. The summed E-state index contributed by atoms with van der Waals surface area (Å²) in [6, 6.07) is 23.3. The molecule has 1 aliphatic rings. The van der Waals surface area contributed by atoms with Crippen LogP contribution in [-0.4, -0.2) is 30.1 Å². The van der Waals surface area contributed by atoms with Gasteiger partial charge in [0.25, 0.3) is 0 Å². The van der Waals surface area contributed by atoms with Crippen LogP contribution in [0.4, 0.5) is 21.0 Å². The first kappa shape index (κ1) is 22.4. The van der Waals surface area contributed by atoms with Gasteiger partial charge in [-0.1, -0.05) is 54.6 Å². The van der Waals surface area contributed by atoms with Crippen molar-refractivity contribution in [3.8, 4) is 0 Å². The smallest absolute Gasteiger partial charge is 0.324 e. The number of carbonyl (C=O) groups is 2. The standard InChI is InChI=1S/C27H30N4O2/c1-20-12-13-23(16-21(20)2)19-30-14-7-15-31(27(30)33)25-11-6-10-24(17-25)29-26(32)28-18-22-8-4-3-5-9-22/h3-6,8-13,16-17H,7,14-15,18-19H2,1-2H3,(H2,28,29,32). The van der Waals surface area contributed by atoms with Gasteiger partial charge in [-0.05, 0) is 60.7 Å². The molecule has 0 spiro atoms. The van der Waals surface area contributed by atoms with Gasteiger partial charge in [0.1, 0.15) is 0 Å². The van der Waals surface area contributed by atoms with Crippen LogP contribution in [0.15, 0.2) is 72.8 Å². The predicted octanol–water partition coefficient (Wildman–Crippen LogP) is 5.46. The van der Waals surface area contributed by atoms with Crippen molar-refractivity contribution in [1.29, 1.82) is 0 Å². The van der Waals surface area contributed by atoms with Crippen molar-refractivity contribution in [2.75, 3.05) is 23.3 Å². The molecule has 4 amide bonds. The van der Waals surface area contributed by atoms with Gasteiger partial charge in [0.2, 0.25) is 0 Å². The van der Waals surface area contributed by atoms with Crippen molar-refractivity contribution in [3.63, 3.8) is 0 Å². The van der Waals surface area contributed by atoms with E-state index in [0.717, 1.165) is 29.8 Å². The van der Waals surface area contributed by atoms with Crippen molar-refractivity contribution in [2.24, 2.45) is 0 Å². The topological polar surface area (TPSA) is 64.7 Å². The molecule has 1 saturated heterocycles. The lowest BCUT2D eigenvalue weighted by Gasteiger charge is -2.36. The van der Waals surface area contributed by atoms with Gasteiger partial charge in [-0.2, -0.15) is 0 Å². The van der Waals surface area contributed by atoms with Crippen LogP contribution in [0.5, 0.6) is 0 Å². The fourth-order valence-corrected chi connectivity index (χ4v) is 4.00. The zero-order valence-corrected chi connectivity index (χ0v) is 19.2. The summed E-state index contributed by atoms with van der Waals surface area (Å²) in [6.45, 7) is 6.63. The average molecular weight is 443 g/mol. The second-order valence-electron chi connectivity index (χ2n) is 8.47. The molecule has 33 heavy (non-hydrogen) atoms. The van der Waals surface area contributed by atoms with E-state index in [9.17, 15) is 9.59 Å². The molecule has 3 aromatic rings. The number of nitrogens with one attached hydrogen (secondary N) is 2. The molecule has 0 atom stereocenters. The van der Waals surface area contributed by atoms with Crippen molar-refractivity contribution in [3.05, 3.63) is 95.1 Å². The van der Waals surface area contributed by atoms with Crippen molar-refractivity contribution in [2.45, 2.75) is 33.4 Å². The molecule has 1 fully saturated rings. The van der Waals surface area contributed by atoms with E-state index in [1.165, 1.54) is 11.1 Å². The number of hydrogen-bond donors (Lipinski definition) is 2. The Morgan fingerprint density at radius 1 is 0.879 bits per heavy atom. The second kappa shape index (κ2) is 10.2. The molecular weight excluding hydrogens is 412 g/mol. The Morgan fingerprint density at radius 3 is 2.48 bits per heavy atom. The molecule has 0 bridgehead atoms. The zero-order valence-electron chi connectivity index (χ0n) is 19.2. The molecule has 0 aliphatic carbocycles. The maximum Gasteiger partial charge on any atom is 0.324 e. The Balaban J connectivity index is 1.39. The SMILES string of the molecule is Cc1ccc(CN2CCCN(c3cccc(NC(=O)NCc4ccccc4)c3)C2=O)cc1C. The molecule has 6 nitrogen and oxygen atoms in total. The first-order chi connectivity index (χ1) is 16.0. The first-order valence-corrected chi connectivity index (χ1v) is 11.3. The van der Waals surface area contributed by atoms with E-state index in [4.69, 9.17) is 0 Å². The number of benzene rings is 3. The predicted molar refractivity (Wildman–Crippen MR) is 132 cm³/mol. The van der Waals surface area contributed by atoms with Crippen LogP contribution in [0.25, 0.3) is 0 Å². The van der Waals surface area contributed by atoms with E-state index >= 15 is 0 Å². The number of nitrogens with zero attached hydrogens (tertiary/aromatic N) is 2. The van der Waals surface area contributed by atoms with E-state index in [-0.39, 0.29) is 12.1 Å². The summed E-state index contributed by atoms with van der Waals surface area (Å²) in [7, 11) is 0. The van der Waals surface area contributed by atoms with Crippen molar-refractivity contribution >= 4 is 23.4 Å². The lowest BCUT2D eigenvalue weighted by molar-refractivity contribution is 0.192. The van der Waals surface area contributed by atoms with E-state index in [1.54, 1.807) is 4.90 Å². The largest absolute Gasteiger partial charge is 0.334 e. The normalized spacial score (nSPS) is 13.7. The fraction of sp³-hybridized carbons (Fsp3) is 0.259. The maximum atomic E-state index is 13.2. The summed E-state index contributed by atoms with van der Waals surface area (Å²) in [4.78, 5) is 29.2. The minimum Gasteiger partial charge on any atom is -0.334 e. The number of urea groups is 2. The Morgan fingerprint density at radius 2 is 1.70 bits per heavy atom. The lowest BCUT2D eigenvalue weighted by atomic mass is 10.1. The van der Waals surface area contributed by atoms with Gasteiger partial charge in [0, 0.05) is 37.6 Å². The van der Waals surface area contributed by atoms with Crippen LogP contribution in [0, 0.1) is 13.8 Å². The van der Waals surface area contributed by atoms with E-state index in [1.807, 2.05) is 59.5 Å². The number of rotatable bonds is 6. The first-order valence-electron chi connectivity index (χ1n) is 11.3. The Bertz CT molecular complexity index is 1130.